The zero-order chi connectivity index (χ0) is 11.5. The molecule has 0 aromatic carbocycles. The van der Waals surface area contributed by atoms with Gasteiger partial charge in [0, 0.05) is 32.6 Å². The van der Waals surface area contributed by atoms with Crippen molar-refractivity contribution in [2.45, 2.75) is 31.4 Å². The standard InChI is InChI=1S/C10H20N2O3/c1-8(9(11)13)12(2)7-10(14)3-5-15-6-4-10/h8,14H,3-7H2,1-2H3,(H2,11,13). The van der Waals surface area contributed by atoms with Crippen molar-refractivity contribution >= 4 is 5.91 Å². The first kappa shape index (κ1) is 12.4. The number of hydrogen-bond donors (Lipinski definition) is 2. The summed E-state index contributed by atoms with van der Waals surface area (Å²) in [5.74, 6) is -0.367. The summed E-state index contributed by atoms with van der Waals surface area (Å²) < 4.78 is 5.18. The van der Waals surface area contributed by atoms with Crippen LogP contribution in [-0.4, -0.2) is 54.4 Å². The highest BCUT2D eigenvalue weighted by atomic mass is 16.5. The number of nitrogens with two attached hydrogens (primary N) is 1. The molecule has 15 heavy (non-hydrogen) atoms. The molecule has 88 valence electrons. The number of hydrogen-bond acceptors (Lipinski definition) is 4. The minimum absolute atomic E-state index is 0.350. The molecule has 0 radical (unpaired) electrons. The van der Waals surface area contributed by atoms with Gasteiger partial charge in [0.1, 0.15) is 0 Å². The highest BCUT2D eigenvalue weighted by Crippen LogP contribution is 2.21. The van der Waals surface area contributed by atoms with Crippen LogP contribution in [-0.2, 0) is 9.53 Å². The molecule has 3 N–H and O–H groups in total. The predicted molar refractivity (Wildman–Crippen MR) is 56.3 cm³/mol. The molecule has 1 saturated heterocycles. The molecular weight excluding hydrogens is 196 g/mol. The largest absolute Gasteiger partial charge is 0.388 e. The average molecular weight is 216 g/mol. The summed E-state index contributed by atoms with van der Waals surface area (Å²) in [5, 5.41) is 10.2. The molecule has 0 aromatic rings. The summed E-state index contributed by atoms with van der Waals surface area (Å²) in [6, 6.07) is -0.350. The highest BCUT2D eigenvalue weighted by molar-refractivity contribution is 5.79. The first-order valence-corrected chi connectivity index (χ1v) is 5.24. The van der Waals surface area contributed by atoms with E-state index in [0.717, 1.165) is 0 Å². The maximum absolute atomic E-state index is 11.0. The monoisotopic (exact) mass is 216 g/mol. The van der Waals surface area contributed by atoms with Crippen LogP contribution in [0.5, 0.6) is 0 Å². The quantitative estimate of drug-likeness (QED) is 0.653. The second kappa shape index (κ2) is 4.92. The minimum atomic E-state index is -0.739. The lowest BCUT2D eigenvalue weighted by Crippen LogP contribution is -2.50. The maximum atomic E-state index is 11.0. The fraction of sp³-hybridized carbons (Fsp3) is 0.900. The van der Waals surface area contributed by atoms with E-state index in [2.05, 4.69) is 0 Å². The van der Waals surface area contributed by atoms with Gasteiger partial charge in [-0.2, -0.15) is 0 Å². The van der Waals surface area contributed by atoms with Crippen LogP contribution in [0.1, 0.15) is 19.8 Å². The van der Waals surface area contributed by atoms with Crippen molar-refractivity contribution in [1.82, 2.24) is 4.90 Å². The van der Waals surface area contributed by atoms with Gasteiger partial charge in [-0.1, -0.05) is 0 Å². The van der Waals surface area contributed by atoms with Crippen molar-refractivity contribution in [1.29, 1.82) is 0 Å². The van der Waals surface area contributed by atoms with Crippen molar-refractivity contribution in [3.8, 4) is 0 Å². The molecule has 0 aromatic heterocycles. The third-order valence-electron chi connectivity index (χ3n) is 3.04. The van der Waals surface area contributed by atoms with Gasteiger partial charge in [-0.15, -0.1) is 0 Å². The zero-order valence-corrected chi connectivity index (χ0v) is 9.40. The summed E-state index contributed by atoms with van der Waals surface area (Å²) in [5.41, 5.74) is 4.46. The van der Waals surface area contributed by atoms with E-state index in [1.54, 1.807) is 18.9 Å². The molecule has 1 atom stereocenters. The second-order valence-corrected chi connectivity index (χ2v) is 4.33. The number of ether oxygens (including phenoxy) is 1. The molecule has 0 spiro atoms. The van der Waals surface area contributed by atoms with Gasteiger partial charge in [-0.3, -0.25) is 9.69 Å². The molecule has 0 bridgehead atoms. The Morgan fingerprint density at radius 3 is 2.60 bits per heavy atom. The first-order chi connectivity index (χ1) is 6.94. The Balaban J connectivity index is 2.48. The first-order valence-electron chi connectivity index (χ1n) is 5.24. The molecule has 0 aliphatic carbocycles. The van der Waals surface area contributed by atoms with Gasteiger partial charge >= 0.3 is 0 Å². The van der Waals surface area contributed by atoms with Gasteiger partial charge in [-0.05, 0) is 14.0 Å². The third kappa shape index (κ3) is 3.44. The molecule has 5 nitrogen and oxygen atoms in total. The summed E-state index contributed by atoms with van der Waals surface area (Å²) in [6.07, 6.45) is 1.23. The van der Waals surface area contributed by atoms with Gasteiger partial charge in [0.25, 0.3) is 0 Å². The van der Waals surface area contributed by atoms with Crippen molar-refractivity contribution in [3.63, 3.8) is 0 Å². The maximum Gasteiger partial charge on any atom is 0.234 e. The van der Waals surface area contributed by atoms with E-state index in [9.17, 15) is 9.90 Å². The summed E-state index contributed by atoms with van der Waals surface area (Å²) in [6.45, 7) is 3.36. The van der Waals surface area contributed by atoms with Crippen LogP contribution in [0.3, 0.4) is 0 Å². The smallest absolute Gasteiger partial charge is 0.234 e. The fourth-order valence-electron chi connectivity index (χ4n) is 1.73. The number of carbonyl (C=O) groups excluding carboxylic acids is 1. The molecule has 1 rings (SSSR count). The van der Waals surface area contributed by atoms with Gasteiger partial charge < -0.3 is 15.6 Å². The van der Waals surface area contributed by atoms with Crippen molar-refractivity contribution in [2.75, 3.05) is 26.8 Å². The van der Waals surface area contributed by atoms with Gasteiger partial charge in [0.15, 0.2) is 0 Å². The predicted octanol–water partition coefficient (Wildman–Crippen LogP) is -0.666. The molecule has 1 amide bonds. The summed E-state index contributed by atoms with van der Waals surface area (Å²) in [4.78, 5) is 12.7. The van der Waals surface area contributed by atoms with E-state index < -0.39 is 5.60 Å². The molecule has 1 aliphatic rings. The Labute approximate surface area is 90.2 Å². The third-order valence-corrected chi connectivity index (χ3v) is 3.04. The lowest BCUT2D eigenvalue weighted by molar-refractivity contribution is -0.124. The molecule has 1 unspecified atom stereocenters. The average Bonchev–Trinajstić information content (AvgIpc) is 2.16. The second-order valence-electron chi connectivity index (χ2n) is 4.33. The summed E-state index contributed by atoms with van der Waals surface area (Å²) in [7, 11) is 1.79. The van der Waals surface area contributed by atoms with E-state index in [0.29, 0.717) is 32.6 Å². The van der Waals surface area contributed by atoms with Crippen LogP contribution in [0.2, 0.25) is 0 Å². The lowest BCUT2D eigenvalue weighted by atomic mass is 9.93. The normalized spacial score (nSPS) is 22.7. The summed E-state index contributed by atoms with van der Waals surface area (Å²) >= 11 is 0. The van der Waals surface area contributed by atoms with Crippen LogP contribution in [0, 0.1) is 0 Å². The Bertz CT molecular complexity index is 227. The molecular formula is C10H20N2O3. The Kier molecular flexibility index (Phi) is 4.07. The highest BCUT2D eigenvalue weighted by Gasteiger charge is 2.32. The van der Waals surface area contributed by atoms with Gasteiger partial charge in [-0.25, -0.2) is 0 Å². The van der Waals surface area contributed by atoms with Crippen molar-refractivity contribution in [2.24, 2.45) is 5.73 Å². The molecule has 1 heterocycles. The van der Waals surface area contributed by atoms with Gasteiger partial charge in [0.2, 0.25) is 5.91 Å². The van der Waals surface area contributed by atoms with Crippen molar-refractivity contribution < 1.29 is 14.6 Å². The molecule has 1 fully saturated rings. The van der Waals surface area contributed by atoms with Crippen molar-refractivity contribution in [3.05, 3.63) is 0 Å². The SMILES string of the molecule is CC(C(N)=O)N(C)CC1(O)CCOCC1. The van der Waals surface area contributed by atoms with Gasteiger partial charge in [0.05, 0.1) is 11.6 Å². The Morgan fingerprint density at radius 1 is 1.60 bits per heavy atom. The topological polar surface area (TPSA) is 75.8 Å². The Morgan fingerprint density at radius 2 is 2.13 bits per heavy atom. The molecule has 1 aliphatic heterocycles. The number of amides is 1. The molecule has 0 saturated carbocycles. The van der Waals surface area contributed by atoms with E-state index in [-0.39, 0.29) is 11.9 Å². The number of rotatable bonds is 4. The molecule has 5 heteroatoms. The minimum Gasteiger partial charge on any atom is -0.388 e. The van der Waals surface area contributed by atoms with E-state index in [1.807, 2.05) is 0 Å². The Hall–Kier alpha value is -0.650. The zero-order valence-electron chi connectivity index (χ0n) is 9.40. The van der Waals surface area contributed by atoms with Crippen LogP contribution < -0.4 is 5.73 Å². The van der Waals surface area contributed by atoms with E-state index >= 15 is 0 Å². The number of nitrogens with zero attached hydrogens (tertiary/aromatic N) is 1. The van der Waals surface area contributed by atoms with Crippen LogP contribution in [0.15, 0.2) is 0 Å². The van der Waals surface area contributed by atoms with Crippen LogP contribution in [0.4, 0.5) is 0 Å². The number of carbonyl (C=O) groups is 1. The lowest BCUT2D eigenvalue weighted by Gasteiger charge is -2.36. The number of likely N-dealkylation sites (N-methyl/N-ethyl adjacent to an activating group) is 1. The van der Waals surface area contributed by atoms with E-state index in [4.69, 9.17) is 10.5 Å². The van der Waals surface area contributed by atoms with Crippen LogP contribution in [0.25, 0.3) is 0 Å². The number of primary amides is 1. The fourth-order valence-corrected chi connectivity index (χ4v) is 1.73. The van der Waals surface area contributed by atoms with E-state index in [1.165, 1.54) is 0 Å². The number of aliphatic hydroxyl groups is 1. The van der Waals surface area contributed by atoms with Crippen LogP contribution >= 0.6 is 0 Å².